The predicted molar refractivity (Wildman–Crippen MR) is 110 cm³/mol. The lowest BCUT2D eigenvalue weighted by Crippen LogP contribution is -2.12. The lowest BCUT2D eigenvalue weighted by atomic mass is 10.1. The topological polar surface area (TPSA) is 69.7 Å². The Morgan fingerprint density at radius 1 is 0.862 bits per heavy atom. The molecule has 0 spiro atoms. The van der Waals surface area contributed by atoms with Gasteiger partial charge in [0.1, 0.15) is 17.3 Å². The molecule has 0 amide bonds. The van der Waals surface area contributed by atoms with Gasteiger partial charge in [-0.3, -0.25) is 0 Å². The summed E-state index contributed by atoms with van der Waals surface area (Å²) in [6.07, 6.45) is 0. The van der Waals surface area contributed by atoms with Crippen LogP contribution in [0.25, 0.3) is 0 Å². The van der Waals surface area contributed by atoms with Gasteiger partial charge in [-0.05, 0) is 67.8 Å². The van der Waals surface area contributed by atoms with Crippen molar-refractivity contribution in [3.05, 3.63) is 94.5 Å². The minimum Gasteiger partial charge on any atom is -0.457 e. The first kappa shape index (κ1) is 20.6. The molecule has 29 heavy (non-hydrogen) atoms. The molecule has 0 bridgehead atoms. The second-order valence-corrected chi connectivity index (χ2v) is 8.41. The van der Waals surface area contributed by atoms with Gasteiger partial charge in [-0.2, -0.15) is 8.42 Å². The van der Waals surface area contributed by atoms with E-state index in [-0.39, 0.29) is 17.3 Å². The van der Waals surface area contributed by atoms with Crippen LogP contribution in [-0.4, -0.2) is 14.4 Å². The van der Waals surface area contributed by atoms with E-state index in [0.29, 0.717) is 11.1 Å². The minimum absolute atomic E-state index is 0.124. The molecule has 0 aliphatic rings. The predicted octanol–water partition coefficient (Wildman–Crippen LogP) is 4.74. The van der Waals surface area contributed by atoms with E-state index < -0.39 is 16.1 Å². The molecular weight excluding hydrogens is 388 g/mol. The minimum atomic E-state index is -3.97. The lowest BCUT2D eigenvalue weighted by molar-refractivity contribution is 0.0472. The van der Waals surface area contributed by atoms with Gasteiger partial charge >= 0.3 is 16.1 Å². The summed E-state index contributed by atoms with van der Waals surface area (Å²) in [7, 11) is -3.97. The summed E-state index contributed by atoms with van der Waals surface area (Å²) < 4.78 is 35.7. The fourth-order valence-corrected chi connectivity index (χ4v) is 4.08. The van der Waals surface area contributed by atoms with Crippen LogP contribution in [0.1, 0.15) is 32.6 Å². The highest BCUT2D eigenvalue weighted by atomic mass is 32.2. The second kappa shape index (κ2) is 8.49. The fraction of sp³-hybridized carbons (Fsp3) is 0.174. The summed E-state index contributed by atoms with van der Waals surface area (Å²) in [6.45, 7) is 5.66. The number of esters is 1. The van der Waals surface area contributed by atoms with Crippen LogP contribution in [0, 0.1) is 20.8 Å². The Balaban J connectivity index is 1.68. The molecule has 3 aromatic carbocycles. The highest BCUT2D eigenvalue weighted by molar-refractivity contribution is 7.87. The third-order valence-corrected chi connectivity index (χ3v) is 5.75. The average molecular weight is 410 g/mol. The summed E-state index contributed by atoms with van der Waals surface area (Å²) in [5, 5.41) is 0. The smallest absolute Gasteiger partial charge is 0.339 e. The van der Waals surface area contributed by atoms with Gasteiger partial charge in [0.2, 0.25) is 0 Å². The van der Waals surface area contributed by atoms with Crippen LogP contribution in [0.5, 0.6) is 5.75 Å². The molecule has 0 aromatic heterocycles. The average Bonchev–Trinajstić information content (AvgIpc) is 2.68. The van der Waals surface area contributed by atoms with Gasteiger partial charge < -0.3 is 8.92 Å². The zero-order valence-corrected chi connectivity index (χ0v) is 17.3. The van der Waals surface area contributed by atoms with Crippen LogP contribution in [0.2, 0.25) is 0 Å². The van der Waals surface area contributed by atoms with E-state index in [9.17, 15) is 13.2 Å². The zero-order valence-electron chi connectivity index (χ0n) is 16.5. The number of hydrogen-bond donors (Lipinski definition) is 0. The number of benzene rings is 3. The van der Waals surface area contributed by atoms with Gasteiger partial charge in [-0.25, -0.2) is 4.79 Å². The molecule has 150 valence electrons. The van der Waals surface area contributed by atoms with Gasteiger partial charge in [0.25, 0.3) is 0 Å². The summed E-state index contributed by atoms with van der Waals surface area (Å²) in [5.74, 6) is -0.364. The molecule has 0 aliphatic carbocycles. The normalized spacial score (nSPS) is 11.1. The largest absolute Gasteiger partial charge is 0.457 e. The number of hydrogen-bond acceptors (Lipinski definition) is 5. The van der Waals surface area contributed by atoms with Crippen molar-refractivity contribution in [2.75, 3.05) is 0 Å². The molecule has 6 heteroatoms. The van der Waals surface area contributed by atoms with E-state index >= 15 is 0 Å². The molecule has 3 rings (SSSR count). The van der Waals surface area contributed by atoms with Crippen LogP contribution < -0.4 is 4.18 Å². The molecular formula is C23H22O5S. The highest BCUT2D eigenvalue weighted by Crippen LogP contribution is 2.23. The maximum Gasteiger partial charge on any atom is 0.339 e. The number of carbonyl (C=O) groups is 1. The zero-order chi connectivity index (χ0) is 21.0. The standard InChI is InChI=1S/C23H22O5S/c1-16-5-4-6-19(13-16)15-27-23(24)20-9-11-21(12-10-20)28-29(25,26)22-14-17(2)7-8-18(22)3/h4-14H,15H2,1-3H3. The lowest BCUT2D eigenvalue weighted by Gasteiger charge is -2.10. The second-order valence-electron chi connectivity index (χ2n) is 6.90. The molecule has 0 N–H and O–H groups in total. The maximum atomic E-state index is 12.6. The van der Waals surface area contributed by atoms with Gasteiger partial charge in [-0.1, -0.05) is 42.0 Å². The van der Waals surface area contributed by atoms with Crippen molar-refractivity contribution in [2.24, 2.45) is 0 Å². The maximum absolute atomic E-state index is 12.6. The van der Waals surface area contributed by atoms with Crippen molar-refractivity contribution >= 4 is 16.1 Å². The van der Waals surface area contributed by atoms with E-state index in [2.05, 4.69) is 0 Å². The Morgan fingerprint density at radius 3 is 2.24 bits per heavy atom. The first-order chi connectivity index (χ1) is 13.7. The van der Waals surface area contributed by atoms with Crippen molar-refractivity contribution in [1.82, 2.24) is 0 Å². The van der Waals surface area contributed by atoms with E-state index in [0.717, 1.165) is 16.7 Å². The van der Waals surface area contributed by atoms with Crippen LogP contribution in [0.4, 0.5) is 0 Å². The van der Waals surface area contributed by atoms with Gasteiger partial charge in [0, 0.05) is 0 Å². The number of carbonyl (C=O) groups excluding carboxylic acids is 1. The van der Waals surface area contributed by atoms with E-state index in [1.807, 2.05) is 44.2 Å². The molecule has 0 heterocycles. The van der Waals surface area contributed by atoms with E-state index in [4.69, 9.17) is 8.92 Å². The Morgan fingerprint density at radius 2 is 1.55 bits per heavy atom. The first-order valence-electron chi connectivity index (χ1n) is 9.09. The Hall–Kier alpha value is -3.12. The Bertz CT molecular complexity index is 1130. The molecule has 3 aromatic rings. The van der Waals surface area contributed by atoms with E-state index in [1.54, 1.807) is 19.1 Å². The third-order valence-electron chi connectivity index (χ3n) is 4.36. The number of rotatable bonds is 6. The molecule has 0 saturated carbocycles. The summed E-state index contributed by atoms with van der Waals surface area (Å²) in [6, 6.07) is 18.7. The fourth-order valence-electron chi connectivity index (χ4n) is 2.83. The highest BCUT2D eigenvalue weighted by Gasteiger charge is 2.20. The van der Waals surface area contributed by atoms with Crippen molar-refractivity contribution in [1.29, 1.82) is 0 Å². The van der Waals surface area contributed by atoms with Crippen molar-refractivity contribution < 1.29 is 22.1 Å². The first-order valence-corrected chi connectivity index (χ1v) is 10.5. The SMILES string of the molecule is Cc1cccc(COC(=O)c2ccc(OS(=O)(=O)c3cc(C)ccc3C)cc2)c1. The molecule has 0 aliphatic heterocycles. The number of ether oxygens (including phenoxy) is 1. The van der Waals surface area contributed by atoms with Crippen LogP contribution in [-0.2, 0) is 21.5 Å². The van der Waals surface area contributed by atoms with E-state index in [1.165, 1.54) is 24.3 Å². The van der Waals surface area contributed by atoms with Crippen LogP contribution >= 0.6 is 0 Å². The molecule has 0 saturated heterocycles. The summed E-state index contributed by atoms with van der Waals surface area (Å²) in [5.41, 5.74) is 3.73. The van der Waals surface area contributed by atoms with Crippen LogP contribution in [0.15, 0.2) is 71.6 Å². The van der Waals surface area contributed by atoms with Crippen molar-refractivity contribution in [3.8, 4) is 5.75 Å². The molecule has 0 radical (unpaired) electrons. The molecule has 0 unspecified atom stereocenters. The monoisotopic (exact) mass is 410 g/mol. The van der Waals surface area contributed by atoms with Crippen LogP contribution in [0.3, 0.4) is 0 Å². The molecule has 5 nitrogen and oxygen atoms in total. The van der Waals surface area contributed by atoms with Gasteiger partial charge in [0.15, 0.2) is 0 Å². The third kappa shape index (κ3) is 5.23. The Kier molecular flexibility index (Phi) is 6.03. The summed E-state index contributed by atoms with van der Waals surface area (Å²) >= 11 is 0. The quantitative estimate of drug-likeness (QED) is 0.434. The summed E-state index contributed by atoms with van der Waals surface area (Å²) in [4.78, 5) is 12.3. The molecule has 0 atom stereocenters. The Labute approximate surface area is 171 Å². The number of aryl methyl sites for hydroxylation is 3. The van der Waals surface area contributed by atoms with Gasteiger partial charge in [0.05, 0.1) is 5.56 Å². The molecule has 0 fully saturated rings. The van der Waals surface area contributed by atoms with Crippen molar-refractivity contribution in [2.45, 2.75) is 32.3 Å². The van der Waals surface area contributed by atoms with Gasteiger partial charge in [-0.15, -0.1) is 0 Å². The van der Waals surface area contributed by atoms with Crippen molar-refractivity contribution in [3.63, 3.8) is 0 Å².